The predicted molar refractivity (Wildman–Crippen MR) is 103 cm³/mol. The second kappa shape index (κ2) is 7.08. The fraction of sp³-hybridized carbons (Fsp3) is 0.105. The van der Waals surface area contributed by atoms with Crippen LogP contribution in [0.5, 0.6) is 11.8 Å². The van der Waals surface area contributed by atoms with Crippen LogP contribution in [0.15, 0.2) is 48.5 Å². The molecule has 2 aromatic heterocycles. The quantitative estimate of drug-likeness (QED) is 0.575. The summed E-state index contributed by atoms with van der Waals surface area (Å²) < 4.78 is 14.0. The van der Waals surface area contributed by atoms with Gasteiger partial charge in [-0.15, -0.1) is 0 Å². The maximum Gasteiger partial charge on any atom is 0.322 e. The second-order valence-corrected chi connectivity index (χ2v) is 6.42. The van der Waals surface area contributed by atoms with Crippen molar-refractivity contribution in [1.82, 2.24) is 18.7 Å². The van der Waals surface area contributed by atoms with Crippen LogP contribution in [0.4, 0.5) is 5.69 Å². The highest BCUT2D eigenvalue weighted by molar-refractivity contribution is 7.00. The Morgan fingerprint density at radius 3 is 2.41 bits per heavy atom. The van der Waals surface area contributed by atoms with Crippen molar-refractivity contribution in [2.24, 2.45) is 0 Å². The van der Waals surface area contributed by atoms with Crippen LogP contribution in [0, 0.1) is 13.8 Å². The molecule has 7 nitrogen and oxygen atoms in total. The van der Waals surface area contributed by atoms with Gasteiger partial charge in [0.2, 0.25) is 0 Å². The number of aromatic nitrogens is 4. The topological polar surface area (TPSA) is 89.9 Å². The van der Waals surface area contributed by atoms with Gasteiger partial charge in [-0.25, -0.2) is 0 Å². The van der Waals surface area contributed by atoms with Crippen molar-refractivity contribution in [3.8, 4) is 11.8 Å². The van der Waals surface area contributed by atoms with Crippen LogP contribution in [-0.2, 0) is 0 Å². The minimum Gasteiger partial charge on any atom is -0.424 e. The zero-order valence-corrected chi connectivity index (χ0v) is 15.4. The molecule has 0 aliphatic carbocycles. The molecule has 2 aromatic carbocycles. The normalized spacial score (nSPS) is 10.7. The molecule has 1 amide bonds. The number of hydrogen-bond donors (Lipinski definition) is 1. The summed E-state index contributed by atoms with van der Waals surface area (Å²) in [4.78, 5) is 21.3. The molecule has 0 radical (unpaired) electrons. The lowest BCUT2D eigenvalue weighted by Gasteiger charge is -2.12. The van der Waals surface area contributed by atoms with E-state index in [0.717, 1.165) is 17.2 Å². The van der Waals surface area contributed by atoms with E-state index in [-0.39, 0.29) is 11.9 Å². The molecule has 27 heavy (non-hydrogen) atoms. The number of rotatable bonds is 4. The molecule has 0 spiro atoms. The standard InChI is InChI=1S/C19H15N5O2S/c1-11-17(12(2)21-19(20-11)26-14-6-4-3-5-7-14)22-18(25)13-8-9-15-16(10-13)24-27-23-15/h3-10H,1-2H3,(H,22,25). The first-order valence-electron chi connectivity index (χ1n) is 8.22. The molecular weight excluding hydrogens is 362 g/mol. The molecule has 0 saturated heterocycles. The molecule has 0 atom stereocenters. The smallest absolute Gasteiger partial charge is 0.322 e. The Morgan fingerprint density at radius 1 is 0.963 bits per heavy atom. The van der Waals surface area contributed by atoms with Gasteiger partial charge in [-0.1, -0.05) is 18.2 Å². The molecule has 1 N–H and O–H groups in total. The Bertz CT molecular complexity index is 1100. The first-order chi connectivity index (χ1) is 13.1. The number of fused-ring (bicyclic) bond motifs is 1. The summed E-state index contributed by atoms with van der Waals surface area (Å²) in [6.45, 7) is 3.60. The lowest BCUT2D eigenvalue weighted by molar-refractivity contribution is 0.102. The summed E-state index contributed by atoms with van der Waals surface area (Å²) in [5, 5.41) is 2.88. The summed E-state index contributed by atoms with van der Waals surface area (Å²) >= 11 is 1.12. The highest BCUT2D eigenvalue weighted by atomic mass is 32.1. The lowest BCUT2D eigenvalue weighted by Crippen LogP contribution is -2.15. The van der Waals surface area contributed by atoms with Crippen LogP contribution in [-0.4, -0.2) is 24.6 Å². The molecule has 0 aliphatic rings. The zero-order chi connectivity index (χ0) is 18.8. The largest absolute Gasteiger partial charge is 0.424 e. The van der Waals surface area contributed by atoms with Crippen molar-refractivity contribution in [3.05, 3.63) is 65.5 Å². The minimum atomic E-state index is -0.253. The van der Waals surface area contributed by atoms with Crippen molar-refractivity contribution >= 4 is 34.4 Å². The van der Waals surface area contributed by atoms with Gasteiger partial charge in [0.25, 0.3) is 5.91 Å². The fourth-order valence-electron chi connectivity index (χ4n) is 2.62. The molecule has 0 aliphatic heterocycles. The van der Waals surface area contributed by atoms with Gasteiger partial charge in [0.15, 0.2) is 0 Å². The number of ether oxygens (including phenoxy) is 1. The van der Waals surface area contributed by atoms with E-state index in [2.05, 4.69) is 24.0 Å². The zero-order valence-electron chi connectivity index (χ0n) is 14.6. The number of carbonyl (C=O) groups is 1. The van der Waals surface area contributed by atoms with E-state index in [4.69, 9.17) is 4.74 Å². The number of amides is 1. The number of aryl methyl sites for hydroxylation is 2. The number of carbonyl (C=O) groups excluding carboxylic acids is 1. The van der Waals surface area contributed by atoms with E-state index in [9.17, 15) is 4.79 Å². The average molecular weight is 377 g/mol. The van der Waals surface area contributed by atoms with Gasteiger partial charge in [-0.3, -0.25) is 4.79 Å². The molecule has 0 saturated carbocycles. The van der Waals surface area contributed by atoms with Crippen molar-refractivity contribution < 1.29 is 9.53 Å². The summed E-state index contributed by atoms with van der Waals surface area (Å²) in [7, 11) is 0. The highest BCUT2D eigenvalue weighted by Crippen LogP contribution is 2.24. The molecule has 2 heterocycles. The van der Waals surface area contributed by atoms with E-state index in [0.29, 0.717) is 33.9 Å². The monoisotopic (exact) mass is 377 g/mol. The SMILES string of the molecule is Cc1nc(Oc2ccccc2)nc(C)c1NC(=O)c1ccc2nsnc2c1. The van der Waals surface area contributed by atoms with Crippen LogP contribution < -0.4 is 10.1 Å². The number of benzene rings is 2. The van der Waals surface area contributed by atoms with Gasteiger partial charge in [0.05, 0.1) is 28.8 Å². The Kier molecular flexibility index (Phi) is 4.47. The van der Waals surface area contributed by atoms with Crippen LogP contribution >= 0.6 is 11.7 Å². The van der Waals surface area contributed by atoms with Crippen LogP contribution in [0.2, 0.25) is 0 Å². The van der Waals surface area contributed by atoms with Crippen molar-refractivity contribution in [2.75, 3.05) is 5.32 Å². The molecule has 0 fully saturated rings. The van der Waals surface area contributed by atoms with E-state index in [1.165, 1.54) is 0 Å². The Hall–Kier alpha value is -3.39. The van der Waals surface area contributed by atoms with Gasteiger partial charge in [0.1, 0.15) is 16.8 Å². The molecule has 8 heteroatoms. The van der Waals surface area contributed by atoms with E-state index < -0.39 is 0 Å². The molecule has 0 unspecified atom stereocenters. The summed E-state index contributed by atoms with van der Waals surface area (Å²) in [6.07, 6.45) is 0. The lowest BCUT2D eigenvalue weighted by atomic mass is 10.1. The highest BCUT2D eigenvalue weighted by Gasteiger charge is 2.15. The summed E-state index contributed by atoms with van der Waals surface area (Å²) in [5.74, 6) is 0.398. The van der Waals surface area contributed by atoms with Gasteiger partial charge < -0.3 is 10.1 Å². The van der Waals surface area contributed by atoms with Crippen molar-refractivity contribution in [1.29, 1.82) is 0 Å². The van der Waals surface area contributed by atoms with E-state index in [1.807, 2.05) is 30.3 Å². The van der Waals surface area contributed by atoms with Gasteiger partial charge >= 0.3 is 6.01 Å². The first kappa shape index (κ1) is 17.0. The molecule has 4 aromatic rings. The molecule has 134 valence electrons. The van der Waals surface area contributed by atoms with Gasteiger partial charge in [-0.05, 0) is 44.2 Å². The van der Waals surface area contributed by atoms with Gasteiger partial charge in [0, 0.05) is 5.56 Å². The van der Waals surface area contributed by atoms with E-state index >= 15 is 0 Å². The molecule has 0 bridgehead atoms. The Balaban J connectivity index is 1.57. The van der Waals surface area contributed by atoms with Crippen LogP contribution in [0.25, 0.3) is 11.0 Å². The number of para-hydroxylation sites is 1. The summed E-state index contributed by atoms with van der Waals surface area (Å²) in [6, 6.07) is 14.8. The summed E-state index contributed by atoms with van der Waals surface area (Å²) in [5.41, 5.74) is 3.78. The van der Waals surface area contributed by atoms with E-state index in [1.54, 1.807) is 32.0 Å². The Morgan fingerprint density at radius 2 is 1.67 bits per heavy atom. The molecule has 4 rings (SSSR count). The second-order valence-electron chi connectivity index (χ2n) is 5.89. The van der Waals surface area contributed by atoms with Gasteiger partial charge in [-0.2, -0.15) is 18.7 Å². The number of anilines is 1. The maximum atomic E-state index is 12.6. The number of hydrogen-bond acceptors (Lipinski definition) is 7. The maximum absolute atomic E-state index is 12.6. The molecular formula is C19H15N5O2S. The van der Waals surface area contributed by atoms with Crippen molar-refractivity contribution in [2.45, 2.75) is 13.8 Å². The Labute approximate surface area is 159 Å². The minimum absolute atomic E-state index is 0.240. The third-order valence-corrected chi connectivity index (χ3v) is 4.51. The average Bonchev–Trinajstić information content (AvgIpc) is 3.13. The predicted octanol–water partition coefficient (Wildman–Crippen LogP) is 4.14. The van der Waals surface area contributed by atoms with Crippen molar-refractivity contribution in [3.63, 3.8) is 0 Å². The number of nitrogens with zero attached hydrogens (tertiary/aromatic N) is 4. The van der Waals surface area contributed by atoms with Crippen LogP contribution in [0.3, 0.4) is 0 Å². The third-order valence-electron chi connectivity index (χ3n) is 3.96. The first-order valence-corrected chi connectivity index (χ1v) is 8.95. The van der Waals surface area contributed by atoms with Crippen LogP contribution in [0.1, 0.15) is 21.7 Å². The number of nitrogens with one attached hydrogen (secondary N) is 1. The third kappa shape index (κ3) is 3.61. The fourth-order valence-corrected chi connectivity index (χ4v) is 3.13.